The monoisotopic (exact) mass is 776 g/mol. The quantitative estimate of drug-likeness (QED) is 0.177. The Bertz CT molecular complexity index is 2380. The number of hydrogen-bond acceptors (Lipinski definition) is 5. The summed E-state index contributed by atoms with van der Waals surface area (Å²) in [6.45, 7) is 0. The van der Waals surface area contributed by atoms with E-state index >= 15 is 0 Å². The first-order valence-corrected chi connectivity index (χ1v) is 14.6. The summed E-state index contributed by atoms with van der Waals surface area (Å²) >= 11 is 0. The molecule has 0 saturated heterocycles. The summed E-state index contributed by atoms with van der Waals surface area (Å²) in [5.74, 6) is 3.52. The van der Waals surface area contributed by atoms with Gasteiger partial charge in [0.2, 0.25) is 0 Å². The molecule has 5 aromatic carbocycles. The van der Waals surface area contributed by atoms with E-state index in [0.29, 0.717) is 11.5 Å². The maximum absolute atomic E-state index is 6.32. The van der Waals surface area contributed by atoms with Crippen LogP contribution in [0.25, 0.3) is 44.4 Å². The molecule has 46 heavy (non-hydrogen) atoms. The molecule has 1 aliphatic rings. The van der Waals surface area contributed by atoms with Crippen molar-refractivity contribution in [2.75, 3.05) is 5.32 Å². The predicted octanol–water partition coefficient (Wildman–Crippen LogP) is 9.27. The summed E-state index contributed by atoms with van der Waals surface area (Å²) in [6, 6.07) is 44.8. The van der Waals surface area contributed by atoms with E-state index in [1.54, 1.807) is 10.9 Å². The van der Waals surface area contributed by atoms with Gasteiger partial charge in [0.15, 0.2) is 11.5 Å². The largest absolute Gasteiger partial charge is 2.00 e. The zero-order valence-corrected chi connectivity index (χ0v) is 26.4. The van der Waals surface area contributed by atoms with Gasteiger partial charge in [0.05, 0.1) is 17.6 Å². The molecular weight excluding hydrogens is 754 g/mol. The second-order valence-corrected chi connectivity index (χ2v) is 10.7. The number of anilines is 2. The van der Waals surface area contributed by atoms with Gasteiger partial charge < -0.3 is 19.4 Å². The molecule has 4 heterocycles. The molecular formula is C38H23N5O2Pt. The molecule has 8 heteroatoms. The molecule has 0 amide bonds. The normalized spacial score (nSPS) is 11.7. The van der Waals surface area contributed by atoms with E-state index in [4.69, 9.17) is 9.47 Å². The van der Waals surface area contributed by atoms with Crippen molar-refractivity contribution >= 4 is 33.2 Å². The number of para-hydroxylation sites is 4. The number of fused-ring (bicyclic) bond motifs is 5. The number of aromatic nitrogens is 4. The van der Waals surface area contributed by atoms with Crippen LogP contribution in [0.2, 0.25) is 0 Å². The van der Waals surface area contributed by atoms with Crippen molar-refractivity contribution in [1.82, 2.24) is 19.3 Å². The van der Waals surface area contributed by atoms with Crippen molar-refractivity contribution in [2.24, 2.45) is 0 Å². The van der Waals surface area contributed by atoms with Crippen LogP contribution in [0.3, 0.4) is 0 Å². The average Bonchev–Trinajstić information content (AvgIpc) is 3.71. The smallest absolute Gasteiger partial charge is 0.509 e. The molecule has 0 aliphatic carbocycles. The summed E-state index contributed by atoms with van der Waals surface area (Å²) in [4.78, 5) is 4.61. The first-order chi connectivity index (χ1) is 22.3. The van der Waals surface area contributed by atoms with Crippen molar-refractivity contribution in [3.8, 4) is 45.6 Å². The van der Waals surface area contributed by atoms with Crippen molar-refractivity contribution in [3.63, 3.8) is 0 Å². The topological polar surface area (TPSA) is 66.1 Å². The van der Waals surface area contributed by atoms with Gasteiger partial charge in [-0.3, -0.25) is 4.68 Å². The predicted molar refractivity (Wildman–Crippen MR) is 175 cm³/mol. The SMILES string of the molecule is [Pt+2].[c-]1c(Oc2[c-]c3c(cc2)c2ccccc2n3-c2ccccn2)cccc1-n1cc(-c2cccc3c2Oc2ccccc2N3)cn1. The molecule has 8 aromatic rings. The molecule has 0 fully saturated rings. The van der Waals surface area contributed by atoms with Crippen molar-refractivity contribution in [1.29, 1.82) is 0 Å². The third kappa shape index (κ3) is 4.73. The Morgan fingerprint density at radius 1 is 0.717 bits per heavy atom. The Kier molecular flexibility index (Phi) is 6.89. The minimum absolute atomic E-state index is 0. The molecule has 3 aromatic heterocycles. The van der Waals surface area contributed by atoms with Crippen LogP contribution >= 0.6 is 0 Å². The van der Waals surface area contributed by atoms with Crippen LogP contribution in [0.4, 0.5) is 11.4 Å². The second kappa shape index (κ2) is 11.4. The van der Waals surface area contributed by atoms with Crippen molar-refractivity contribution in [3.05, 3.63) is 146 Å². The number of pyridine rings is 1. The molecule has 0 spiro atoms. The molecule has 222 valence electrons. The Labute approximate surface area is 278 Å². The van der Waals surface area contributed by atoms with Gasteiger partial charge in [0, 0.05) is 40.5 Å². The van der Waals surface area contributed by atoms with Crippen LogP contribution in [0.1, 0.15) is 0 Å². The minimum Gasteiger partial charge on any atom is -0.509 e. The van der Waals surface area contributed by atoms with Crippen molar-refractivity contribution < 1.29 is 30.5 Å². The summed E-state index contributed by atoms with van der Waals surface area (Å²) in [5, 5.41) is 10.3. The Balaban J connectivity index is 0.00000312. The van der Waals surface area contributed by atoms with E-state index in [-0.39, 0.29) is 21.1 Å². The zero-order valence-electron chi connectivity index (χ0n) is 24.1. The maximum atomic E-state index is 6.32. The molecule has 7 nitrogen and oxygen atoms in total. The van der Waals surface area contributed by atoms with Crippen LogP contribution in [0, 0.1) is 12.1 Å². The Hall–Kier alpha value is -5.65. The molecule has 1 N–H and O–H groups in total. The molecule has 0 radical (unpaired) electrons. The molecule has 9 rings (SSSR count). The third-order valence-electron chi connectivity index (χ3n) is 7.93. The summed E-state index contributed by atoms with van der Waals surface area (Å²) in [7, 11) is 0. The van der Waals surface area contributed by atoms with E-state index < -0.39 is 0 Å². The molecule has 1 aliphatic heterocycles. The van der Waals surface area contributed by atoms with E-state index in [1.165, 1.54) is 0 Å². The maximum Gasteiger partial charge on any atom is 2.00 e. The zero-order chi connectivity index (χ0) is 29.7. The van der Waals surface area contributed by atoms with Crippen LogP contribution in [0.15, 0.2) is 134 Å². The van der Waals surface area contributed by atoms with Crippen LogP contribution in [0.5, 0.6) is 23.0 Å². The van der Waals surface area contributed by atoms with Gasteiger partial charge in [-0.05, 0) is 47.5 Å². The van der Waals surface area contributed by atoms with E-state index in [2.05, 4.69) is 50.3 Å². The van der Waals surface area contributed by atoms with Crippen LogP contribution < -0.4 is 14.8 Å². The number of nitrogens with one attached hydrogen (secondary N) is 1. The van der Waals surface area contributed by atoms with Gasteiger partial charge in [0.25, 0.3) is 0 Å². The van der Waals surface area contributed by atoms with Gasteiger partial charge in [0.1, 0.15) is 5.82 Å². The fourth-order valence-corrected chi connectivity index (χ4v) is 5.89. The third-order valence-corrected chi connectivity index (χ3v) is 7.93. The number of ether oxygens (including phenoxy) is 2. The van der Waals surface area contributed by atoms with E-state index in [9.17, 15) is 0 Å². The fourth-order valence-electron chi connectivity index (χ4n) is 5.89. The van der Waals surface area contributed by atoms with Gasteiger partial charge in [-0.2, -0.15) is 17.2 Å². The summed E-state index contributed by atoms with van der Waals surface area (Å²) < 4.78 is 16.5. The van der Waals surface area contributed by atoms with Gasteiger partial charge in [-0.15, -0.1) is 35.7 Å². The first kappa shape index (κ1) is 27.9. The van der Waals surface area contributed by atoms with Gasteiger partial charge in [-0.25, -0.2) is 4.98 Å². The summed E-state index contributed by atoms with van der Waals surface area (Å²) in [5.41, 5.74) is 6.43. The number of nitrogens with zero attached hydrogens (tertiary/aromatic N) is 4. The molecule has 0 bridgehead atoms. The second-order valence-electron chi connectivity index (χ2n) is 10.7. The van der Waals surface area contributed by atoms with Gasteiger partial charge >= 0.3 is 21.1 Å². The standard InChI is InChI=1S/C38H23N5O2.Pt/c1-3-15-34-30(11-1)31-19-18-28(22-35(31)43(34)37-17-5-6-20-39-37)44-27-10-7-9-26(21-27)42-24-25(23-40-42)29-12-8-14-33-38(29)45-36-16-4-2-13-32(36)41-33;/h1-20,23-24,41H;/q-2;+2. The Morgan fingerprint density at radius 3 is 2.48 bits per heavy atom. The molecule has 0 unspecified atom stereocenters. The fraction of sp³-hybridized carbons (Fsp3) is 0. The Morgan fingerprint density at radius 2 is 1.54 bits per heavy atom. The average molecular weight is 777 g/mol. The van der Waals surface area contributed by atoms with E-state index in [1.807, 2.05) is 109 Å². The number of benzene rings is 5. The van der Waals surface area contributed by atoms with E-state index in [0.717, 1.165) is 67.3 Å². The van der Waals surface area contributed by atoms with Crippen LogP contribution in [-0.2, 0) is 21.1 Å². The molecule has 0 atom stereocenters. The number of hydrogen-bond donors (Lipinski definition) is 1. The minimum atomic E-state index is 0. The van der Waals surface area contributed by atoms with Gasteiger partial charge in [-0.1, -0.05) is 54.0 Å². The van der Waals surface area contributed by atoms with Crippen molar-refractivity contribution in [2.45, 2.75) is 0 Å². The summed E-state index contributed by atoms with van der Waals surface area (Å²) in [6.07, 6.45) is 5.60. The number of rotatable bonds is 5. The first-order valence-electron chi connectivity index (χ1n) is 14.6. The molecule has 0 saturated carbocycles. The van der Waals surface area contributed by atoms with Crippen LogP contribution in [-0.4, -0.2) is 19.3 Å².